The van der Waals surface area contributed by atoms with Crippen LogP contribution in [0.1, 0.15) is 20.3 Å². The molecule has 0 bridgehead atoms. The largest absolute Gasteiger partial charge is 0.382 e. The molecule has 0 unspecified atom stereocenters. The second kappa shape index (κ2) is 12.2. The number of methoxy groups -OCH3 is 1. The van der Waals surface area contributed by atoms with Gasteiger partial charge in [-0.1, -0.05) is 13.8 Å². The normalized spacial score (nSPS) is 12.0. The van der Waals surface area contributed by atoms with E-state index in [2.05, 4.69) is 19.2 Å². The predicted octanol–water partition coefficient (Wildman–Crippen LogP) is 1.91. The fourth-order valence-corrected chi connectivity index (χ4v) is 1.89. The van der Waals surface area contributed by atoms with E-state index in [0.717, 1.165) is 19.5 Å². The van der Waals surface area contributed by atoms with Gasteiger partial charge in [-0.25, -0.2) is 0 Å². The maximum absolute atomic E-state index is 5.74. The predicted molar refractivity (Wildman–Crippen MR) is 75.5 cm³/mol. The topological polar surface area (TPSA) is 39.7 Å². The zero-order chi connectivity index (χ0) is 13.7. The third-order valence-electron chi connectivity index (χ3n) is 2.60. The molecule has 110 valence electrons. The summed E-state index contributed by atoms with van der Waals surface area (Å²) in [6.45, 7) is 9.50. The first-order valence-electron chi connectivity index (χ1n) is 6.53. The maximum Gasteiger partial charge on any atom is 0.0701 e. The van der Waals surface area contributed by atoms with Gasteiger partial charge in [-0.15, -0.1) is 11.6 Å². The van der Waals surface area contributed by atoms with Gasteiger partial charge in [0.05, 0.1) is 33.0 Å². The third-order valence-corrected chi connectivity index (χ3v) is 2.79. The van der Waals surface area contributed by atoms with E-state index < -0.39 is 0 Å². The average molecular weight is 282 g/mol. The number of ether oxygens (including phenoxy) is 3. The van der Waals surface area contributed by atoms with Crippen LogP contribution in [-0.4, -0.2) is 59.1 Å². The first-order valence-corrected chi connectivity index (χ1v) is 7.07. The molecular formula is C13H28ClNO3. The van der Waals surface area contributed by atoms with Crippen LogP contribution in [0.5, 0.6) is 0 Å². The van der Waals surface area contributed by atoms with Gasteiger partial charge < -0.3 is 19.5 Å². The summed E-state index contributed by atoms with van der Waals surface area (Å²) < 4.78 is 15.6. The molecule has 5 heteroatoms. The van der Waals surface area contributed by atoms with Crippen molar-refractivity contribution in [3.63, 3.8) is 0 Å². The molecule has 0 heterocycles. The fourth-order valence-electron chi connectivity index (χ4n) is 1.38. The first-order chi connectivity index (χ1) is 8.62. The Hall–Kier alpha value is 0.130. The molecular weight excluding hydrogens is 254 g/mol. The summed E-state index contributed by atoms with van der Waals surface area (Å²) in [5.74, 6) is 0.712. The molecule has 0 amide bonds. The third kappa shape index (κ3) is 12.6. The molecule has 0 radical (unpaired) electrons. The van der Waals surface area contributed by atoms with E-state index >= 15 is 0 Å². The molecule has 0 saturated heterocycles. The smallest absolute Gasteiger partial charge is 0.0701 e. The summed E-state index contributed by atoms with van der Waals surface area (Å²) in [4.78, 5) is 0. The van der Waals surface area contributed by atoms with Crippen LogP contribution in [0.25, 0.3) is 0 Å². The Morgan fingerprint density at radius 1 is 1.00 bits per heavy atom. The lowest BCUT2D eigenvalue weighted by molar-refractivity contribution is 0.0253. The number of hydrogen-bond donors (Lipinski definition) is 1. The lowest BCUT2D eigenvalue weighted by atomic mass is 9.90. The monoisotopic (exact) mass is 281 g/mol. The van der Waals surface area contributed by atoms with Crippen molar-refractivity contribution in [1.29, 1.82) is 0 Å². The van der Waals surface area contributed by atoms with Crippen LogP contribution in [0.15, 0.2) is 0 Å². The van der Waals surface area contributed by atoms with E-state index in [1.165, 1.54) is 0 Å². The molecule has 18 heavy (non-hydrogen) atoms. The molecule has 0 rings (SSSR count). The van der Waals surface area contributed by atoms with Gasteiger partial charge in [0.25, 0.3) is 0 Å². The first kappa shape index (κ1) is 18.1. The van der Waals surface area contributed by atoms with Crippen LogP contribution in [0, 0.1) is 5.41 Å². The van der Waals surface area contributed by atoms with Crippen LogP contribution >= 0.6 is 11.6 Å². The Morgan fingerprint density at radius 2 is 1.61 bits per heavy atom. The molecule has 0 atom stereocenters. The number of halogens is 1. The summed E-state index contributed by atoms with van der Waals surface area (Å²) in [5.41, 5.74) is 0.255. The molecule has 0 aromatic carbocycles. The maximum atomic E-state index is 5.74. The van der Waals surface area contributed by atoms with Gasteiger partial charge in [-0.05, 0) is 11.8 Å². The minimum absolute atomic E-state index is 0.255. The van der Waals surface area contributed by atoms with Gasteiger partial charge in [-0.2, -0.15) is 0 Å². The van der Waals surface area contributed by atoms with Crippen molar-refractivity contribution in [1.82, 2.24) is 5.32 Å². The average Bonchev–Trinajstić information content (AvgIpc) is 2.31. The van der Waals surface area contributed by atoms with Gasteiger partial charge in [0, 0.05) is 26.1 Å². The van der Waals surface area contributed by atoms with E-state index in [0.29, 0.717) is 38.9 Å². The van der Waals surface area contributed by atoms with E-state index in [-0.39, 0.29) is 5.41 Å². The summed E-state index contributed by atoms with van der Waals surface area (Å²) >= 11 is 5.74. The molecule has 1 N–H and O–H groups in total. The molecule has 0 aromatic rings. The van der Waals surface area contributed by atoms with Gasteiger partial charge in [-0.3, -0.25) is 0 Å². The van der Waals surface area contributed by atoms with Crippen LogP contribution in [-0.2, 0) is 14.2 Å². The lowest BCUT2D eigenvalue weighted by Crippen LogP contribution is -2.32. The molecule has 0 aliphatic carbocycles. The number of hydrogen-bond acceptors (Lipinski definition) is 4. The second-order valence-electron chi connectivity index (χ2n) is 5.00. The van der Waals surface area contributed by atoms with Crippen molar-refractivity contribution in [2.75, 3.05) is 59.1 Å². The van der Waals surface area contributed by atoms with Gasteiger partial charge in [0.2, 0.25) is 0 Å². The van der Waals surface area contributed by atoms with Gasteiger partial charge in [0.1, 0.15) is 0 Å². The highest BCUT2D eigenvalue weighted by Gasteiger charge is 2.15. The molecule has 0 aromatic heterocycles. The fraction of sp³-hybridized carbons (Fsp3) is 1.00. The van der Waals surface area contributed by atoms with Crippen molar-refractivity contribution in [2.24, 2.45) is 5.41 Å². The summed E-state index contributed by atoms with van der Waals surface area (Å²) in [6, 6.07) is 0. The van der Waals surface area contributed by atoms with Crippen molar-refractivity contribution >= 4 is 11.6 Å². The highest BCUT2D eigenvalue weighted by atomic mass is 35.5. The van der Waals surface area contributed by atoms with Crippen molar-refractivity contribution in [3.05, 3.63) is 0 Å². The zero-order valence-electron chi connectivity index (χ0n) is 12.0. The Balaban J connectivity index is 3.16. The van der Waals surface area contributed by atoms with Gasteiger partial charge in [0.15, 0.2) is 0 Å². The van der Waals surface area contributed by atoms with Crippen LogP contribution in [0.4, 0.5) is 0 Å². The molecule has 0 aliphatic heterocycles. The zero-order valence-corrected chi connectivity index (χ0v) is 12.7. The molecule has 0 fully saturated rings. The Bertz CT molecular complexity index is 180. The Kier molecular flexibility index (Phi) is 12.3. The molecule has 4 nitrogen and oxygen atoms in total. The van der Waals surface area contributed by atoms with Gasteiger partial charge >= 0.3 is 0 Å². The molecule has 0 spiro atoms. The number of rotatable bonds is 13. The molecule has 0 saturated carbocycles. The quantitative estimate of drug-likeness (QED) is 0.414. The summed E-state index contributed by atoms with van der Waals surface area (Å²) in [7, 11) is 1.66. The number of nitrogens with one attached hydrogen (secondary N) is 1. The van der Waals surface area contributed by atoms with E-state index in [9.17, 15) is 0 Å². The standard InChI is InChI=1S/C13H28ClNO3/c1-13(2,4-5-14)12-15-6-7-17-10-11-18-9-8-16-3/h15H,4-12H2,1-3H3. The SMILES string of the molecule is COCCOCCOCCNCC(C)(C)CCCl. The van der Waals surface area contributed by atoms with E-state index in [1.807, 2.05) is 0 Å². The second-order valence-corrected chi connectivity index (χ2v) is 5.38. The van der Waals surface area contributed by atoms with Crippen LogP contribution in [0.2, 0.25) is 0 Å². The van der Waals surface area contributed by atoms with Crippen molar-refractivity contribution in [2.45, 2.75) is 20.3 Å². The van der Waals surface area contributed by atoms with Crippen molar-refractivity contribution in [3.8, 4) is 0 Å². The lowest BCUT2D eigenvalue weighted by Gasteiger charge is -2.23. The molecule has 0 aliphatic rings. The number of alkyl halides is 1. The summed E-state index contributed by atoms with van der Waals surface area (Å²) in [5, 5.41) is 3.38. The highest BCUT2D eigenvalue weighted by Crippen LogP contribution is 2.19. The van der Waals surface area contributed by atoms with E-state index in [4.69, 9.17) is 25.8 Å². The Morgan fingerprint density at radius 3 is 2.22 bits per heavy atom. The van der Waals surface area contributed by atoms with E-state index in [1.54, 1.807) is 7.11 Å². The Labute approximate surface area is 116 Å². The summed E-state index contributed by atoms with van der Waals surface area (Å²) in [6.07, 6.45) is 1.02. The minimum Gasteiger partial charge on any atom is -0.382 e. The van der Waals surface area contributed by atoms with Crippen LogP contribution < -0.4 is 5.32 Å². The highest BCUT2D eigenvalue weighted by molar-refractivity contribution is 6.17. The minimum atomic E-state index is 0.255. The van der Waals surface area contributed by atoms with Crippen molar-refractivity contribution < 1.29 is 14.2 Å². The van der Waals surface area contributed by atoms with Crippen LogP contribution in [0.3, 0.4) is 0 Å².